The third-order valence-corrected chi connectivity index (χ3v) is 6.82. The minimum Gasteiger partial charge on any atom is -0.348 e. The van der Waals surface area contributed by atoms with Gasteiger partial charge >= 0.3 is 0 Å². The van der Waals surface area contributed by atoms with Crippen molar-refractivity contribution < 1.29 is 22.0 Å². The summed E-state index contributed by atoms with van der Waals surface area (Å²) in [6.45, 7) is 3.81. The highest BCUT2D eigenvalue weighted by atomic mass is 32.2. The molecular formula is C21H21F2N3O4S. The van der Waals surface area contributed by atoms with E-state index in [2.05, 4.69) is 10.3 Å². The van der Waals surface area contributed by atoms with E-state index in [1.807, 2.05) is 0 Å². The van der Waals surface area contributed by atoms with Gasteiger partial charge in [-0.15, -0.1) is 0 Å². The third-order valence-electron chi connectivity index (χ3n) is 4.78. The van der Waals surface area contributed by atoms with Crippen LogP contribution in [0.5, 0.6) is 0 Å². The van der Waals surface area contributed by atoms with Crippen molar-refractivity contribution in [3.8, 4) is 0 Å². The minimum absolute atomic E-state index is 0.0167. The number of amides is 1. The quantitative estimate of drug-likeness (QED) is 0.579. The molecule has 0 atom stereocenters. The summed E-state index contributed by atoms with van der Waals surface area (Å²) in [6.07, 6.45) is 0. The molecule has 0 bridgehead atoms. The Morgan fingerprint density at radius 3 is 2.29 bits per heavy atom. The van der Waals surface area contributed by atoms with E-state index in [4.69, 9.17) is 0 Å². The van der Waals surface area contributed by atoms with Crippen LogP contribution in [0.3, 0.4) is 0 Å². The number of fused-ring (bicyclic) bond motifs is 1. The number of hydrogen-bond donors (Lipinski definition) is 2. The molecule has 0 aliphatic heterocycles. The summed E-state index contributed by atoms with van der Waals surface area (Å²) in [7, 11) is -3.78. The smallest absolute Gasteiger partial charge is 0.252 e. The number of benzene rings is 2. The van der Waals surface area contributed by atoms with Crippen LogP contribution in [-0.2, 0) is 16.6 Å². The highest BCUT2D eigenvalue weighted by molar-refractivity contribution is 7.89. The van der Waals surface area contributed by atoms with Crippen molar-refractivity contribution in [3.05, 3.63) is 75.6 Å². The fourth-order valence-electron chi connectivity index (χ4n) is 3.28. The van der Waals surface area contributed by atoms with Crippen molar-refractivity contribution in [2.24, 2.45) is 0 Å². The van der Waals surface area contributed by atoms with Crippen LogP contribution in [0, 0.1) is 11.6 Å². The van der Waals surface area contributed by atoms with Crippen LogP contribution in [0.4, 0.5) is 8.78 Å². The molecule has 0 saturated carbocycles. The molecule has 0 aliphatic carbocycles. The van der Waals surface area contributed by atoms with E-state index in [1.54, 1.807) is 13.8 Å². The van der Waals surface area contributed by atoms with Crippen LogP contribution in [0.1, 0.15) is 29.8 Å². The number of sulfonamides is 1. The Morgan fingerprint density at radius 2 is 1.68 bits per heavy atom. The van der Waals surface area contributed by atoms with Crippen molar-refractivity contribution in [2.75, 3.05) is 13.1 Å². The molecule has 1 heterocycles. The van der Waals surface area contributed by atoms with Crippen molar-refractivity contribution in [1.29, 1.82) is 0 Å². The summed E-state index contributed by atoms with van der Waals surface area (Å²) in [4.78, 5) is 27.3. The standard InChI is InChI=1S/C21H21F2N3O4S/c1-3-26(4-2)31(29,30)16-5-6-19-17(10-16)18(11-20(27)25-19)21(28)24-12-13-7-14(22)9-15(23)8-13/h5-11H,3-4,12H2,1-2H3,(H,24,28)(H,25,27). The Bertz CT molecular complexity index is 1280. The topological polar surface area (TPSA) is 99.3 Å². The van der Waals surface area contributed by atoms with Gasteiger partial charge in [0.1, 0.15) is 11.6 Å². The lowest BCUT2D eigenvalue weighted by Gasteiger charge is -2.19. The van der Waals surface area contributed by atoms with Crippen molar-refractivity contribution >= 4 is 26.8 Å². The van der Waals surface area contributed by atoms with Crippen molar-refractivity contribution in [3.63, 3.8) is 0 Å². The predicted molar refractivity (Wildman–Crippen MR) is 112 cm³/mol. The monoisotopic (exact) mass is 449 g/mol. The Hall–Kier alpha value is -3.11. The van der Waals surface area contributed by atoms with Gasteiger partial charge < -0.3 is 10.3 Å². The first-order valence-corrected chi connectivity index (χ1v) is 11.0. The normalized spacial score (nSPS) is 11.8. The van der Waals surface area contributed by atoms with Crippen molar-refractivity contribution in [1.82, 2.24) is 14.6 Å². The zero-order valence-corrected chi connectivity index (χ0v) is 17.7. The average Bonchev–Trinajstić information content (AvgIpc) is 2.71. The molecule has 1 aromatic heterocycles. The average molecular weight is 449 g/mol. The maximum Gasteiger partial charge on any atom is 0.252 e. The van der Waals surface area contributed by atoms with Crippen LogP contribution in [0.2, 0.25) is 0 Å². The first kappa shape index (κ1) is 22.6. The Balaban J connectivity index is 2.00. The Morgan fingerprint density at radius 1 is 1.03 bits per heavy atom. The summed E-state index contributed by atoms with van der Waals surface area (Å²) in [5.74, 6) is -2.24. The number of hydrogen-bond acceptors (Lipinski definition) is 4. The SMILES string of the molecule is CCN(CC)S(=O)(=O)c1ccc2[nH]c(=O)cc(C(=O)NCc3cc(F)cc(F)c3)c2c1. The van der Waals surface area contributed by atoms with E-state index in [0.717, 1.165) is 18.2 Å². The van der Waals surface area contributed by atoms with Crippen molar-refractivity contribution in [2.45, 2.75) is 25.3 Å². The summed E-state index contributed by atoms with van der Waals surface area (Å²) in [6, 6.07) is 8.04. The predicted octanol–water partition coefficient (Wildman–Crippen LogP) is 2.77. The second kappa shape index (κ2) is 8.94. The number of H-pyrrole nitrogens is 1. The van der Waals surface area contributed by atoms with Crippen LogP contribution in [0.25, 0.3) is 10.9 Å². The van der Waals surface area contributed by atoms with E-state index in [-0.39, 0.29) is 46.6 Å². The molecule has 0 radical (unpaired) electrons. The second-order valence-electron chi connectivity index (χ2n) is 6.80. The lowest BCUT2D eigenvalue weighted by molar-refractivity contribution is 0.0952. The highest BCUT2D eigenvalue weighted by Gasteiger charge is 2.23. The molecule has 2 aromatic carbocycles. The molecule has 0 aliphatic rings. The zero-order chi connectivity index (χ0) is 22.8. The number of pyridine rings is 1. The van der Waals surface area contributed by atoms with Crippen LogP contribution < -0.4 is 10.9 Å². The molecule has 0 fully saturated rings. The number of nitrogens with one attached hydrogen (secondary N) is 2. The molecule has 1 amide bonds. The summed E-state index contributed by atoms with van der Waals surface area (Å²) < 4.78 is 53.7. The van der Waals surface area contributed by atoms with Gasteiger partial charge in [0.05, 0.1) is 10.5 Å². The van der Waals surface area contributed by atoms with E-state index in [1.165, 1.54) is 22.5 Å². The molecule has 7 nitrogen and oxygen atoms in total. The maximum atomic E-state index is 13.4. The van der Waals surface area contributed by atoms with Gasteiger partial charge in [0, 0.05) is 42.7 Å². The fourth-order valence-corrected chi connectivity index (χ4v) is 4.77. The number of aromatic nitrogens is 1. The van der Waals surface area contributed by atoms with E-state index >= 15 is 0 Å². The van der Waals surface area contributed by atoms with Crippen LogP contribution in [0.15, 0.2) is 52.2 Å². The van der Waals surface area contributed by atoms with Crippen LogP contribution in [-0.4, -0.2) is 36.7 Å². The number of aromatic amines is 1. The third kappa shape index (κ3) is 4.80. The molecule has 10 heteroatoms. The van der Waals surface area contributed by atoms with Gasteiger partial charge in [0.15, 0.2) is 0 Å². The maximum absolute atomic E-state index is 13.4. The van der Waals surface area contributed by atoms with E-state index in [9.17, 15) is 26.8 Å². The molecule has 3 aromatic rings. The summed E-state index contributed by atoms with van der Waals surface area (Å²) in [5, 5.41) is 2.74. The molecule has 0 saturated heterocycles. The lowest BCUT2D eigenvalue weighted by atomic mass is 10.1. The molecular weight excluding hydrogens is 428 g/mol. The van der Waals surface area contributed by atoms with E-state index in [0.29, 0.717) is 6.07 Å². The summed E-state index contributed by atoms with van der Waals surface area (Å²) in [5.41, 5.74) is -0.112. The number of carbonyl (C=O) groups is 1. The van der Waals surface area contributed by atoms with Gasteiger partial charge in [-0.05, 0) is 35.9 Å². The lowest BCUT2D eigenvalue weighted by Crippen LogP contribution is -2.30. The van der Waals surface area contributed by atoms with E-state index < -0.39 is 33.1 Å². The first-order chi connectivity index (χ1) is 14.6. The minimum atomic E-state index is -3.78. The first-order valence-electron chi connectivity index (χ1n) is 9.56. The molecule has 3 rings (SSSR count). The van der Waals surface area contributed by atoms with Gasteiger partial charge in [-0.1, -0.05) is 13.8 Å². The molecule has 0 unspecified atom stereocenters. The molecule has 31 heavy (non-hydrogen) atoms. The largest absolute Gasteiger partial charge is 0.348 e. The fraction of sp³-hybridized carbons (Fsp3) is 0.238. The number of rotatable bonds is 7. The number of nitrogens with zero attached hydrogens (tertiary/aromatic N) is 1. The second-order valence-corrected chi connectivity index (χ2v) is 8.74. The zero-order valence-electron chi connectivity index (χ0n) is 16.9. The Kier molecular flexibility index (Phi) is 6.51. The molecule has 2 N–H and O–H groups in total. The van der Waals surface area contributed by atoms with Gasteiger partial charge in [-0.25, -0.2) is 17.2 Å². The number of carbonyl (C=O) groups excluding carboxylic acids is 1. The molecule has 0 spiro atoms. The van der Waals surface area contributed by atoms with Crippen LogP contribution >= 0.6 is 0 Å². The molecule has 164 valence electrons. The summed E-state index contributed by atoms with van der Waals surface area (Å²) >= 11 is 0. The van der Waals surface area contributed by atoms with Gasteiger partial charge in [0.25, 0.3) is 5.91 Å². The van der Waals surface area contributed by atoms with Gasteiger partial charge in [0.2, 0.25) is 15.6 Å². The van der Waals surface area contributed by atoms with Gasteiger partial charge in [-0.3, -0.25) is 9.59 Å². The van der Waals surface area contributed by atoms with Gasteiger partial charge in [-0.2, -0.15) is 4.31 Å². The number of halogens is 2. The highest BCUT2D eigenvalue weighted by Crippen LogP contribution is 2.23. The Labute approximate surface area is 177 Å².